The summed E-state index contributed by atoms with van der Waals surface area (Å²) in [5.74, 6) is 0.109. The van der Waals surface area contributed by atoms with Gasteiger partial charge in [-0.3, -0.25) is 4.79 Å². The van der Waals surface area contributed by atoms with Gasteiger partial charge in [-0.2, -0.15) is 0 Å². The van der Waals surface area contributed by atoms with Crippen molar-refractivity contribution in [2.24, 2.45) is 0 Å². The average Bonchev–Trinajstić information content (AvgIpc) is 2.30. The van der Waals surface area contributed by atoms with E-state index in [1.54, 1.807) is 11.0 Å². The second kappa shape index (κ2) is 5.55. The van der Waals surface area contributed by atoms with Gasteiger partial charge in [-0.15, -0.1) is 0 Å². The van der Waals surface area contributed by atoms with Gasteiger partial charge in [0.2, 0.25) is 5.91 Å². The van der Waals surface area contributed by atoms with Gasteiger partial charge in [0.1, 0.15) is 0 Å². The number of β-lactam (4-membered cyclic amide) rings is 1. The first-order valence-corrected chi connectivity index (χ1v) is 6.12. The van der Waals surface area contributed by atoms with Gasteiger partial charge in [0.15, 0.2) is 0 Å². The van der Waals surface area contributed by atoms with Gasteiger partial charge in [0, 0.05) is 13.0 Å². The molecule has 16 heavy (non-hydrogen) atoms. The van der Waals surface area contributed by atoms with Crippen LogP contribution in [0.5, 0.6) is 0 Å². The second-order valence-corrected chi connectivity index (χ2v) is 4.11. The van der Waals surface area contributed by atoms with Gasteiger partial charge in [-0.1, -0.05) is 43.1 Å². The molecule has 0 aromatic heterocycles. The molecular weight excluding hydrogens is 245 g/mol. The summed E-state index contributed by atoms with van der Waals surface area (Å²) in [6.07, 6.45) is 0.599. The summed E-state index contributed by atoms with van der Waals surface area (Å²) in [7, 11) is 0. The maximum atomic E-state index is 11.3. The molecule has 1 aromatic rings. The van der Waals surface area contributed by atoms with Crippen molar-refractivity contribution >= 4 is 34.8 Å². The number of rotatable bonds is 1. The normalized spacial score (nSPS) is 14.1. The van der Waals surface area contributed by atoms with Crippen molar-refractivity contribution in [1.82, 2.24) is 0 Å². The molecule has 0 radical (unpaired) electrons. The standard InChI is InChI=1S/C10H9Cl2NO.C2H6/c1-6-2-3-7(11)9(12)10(6)13-5-4-8(13)14;1-2/h2-3H,4-5H2,1H3;1-2H3. The fourth-order valence-electron chi connectivity index (χ4n) is 1.52. The molecule has 0 aliphatic carbocycles. The molecule has 0 spiro atoms. The number of hydrogen-bond donors (Lipinski definition) is 0. The highest BCUT2D eigenvalue weighted by Crippen LogP contribution is 2.37. The Balaban J connectivity index is 0.000000606. The van der Waals surface area contributed by atoms with E-state index in [9.17, 15) is 4.79 Å². The van der Waals surface area contributed by atoms with Crippen molar-refractivity contribution in [3.05, 3.63) is 27.7 Å². The van der Waals surface area contributed by atoms with Gasteiger partial charge in [-0.05, 0) is 18.6 Å². The van der Waals surface area contributed by atoms with E-state index in [1.807, 2.05) is 26.8 Å². The van der Waals surface area contributed by atoms with Crippen LogP contribution in [0.1, 0.15) is 25.8 Å². The van der Waals surface area contributed by atoms with Crippen LogP contribution in [-0.4, -0.2) is 12.5 Å². The summed E-state index contributed by atoms with van der Waals surface area (Å²) in [6.45, 7) is 6.66. The largest absolute Gasteiger partial charge is 0.310 e. The molecule has 0 unspecified atom stereocenters. The Hall–Kier alpha value is -0.730. The molecule has 0 bridgehead atoms. The van der Waals surface area contributed by atoms with E-state index in [1.165, 1.54) is 0 Å². The van der Waals surface area contributed by atoms with Crippen LogP contribution in [0.2, 0.25) is 10.0 Å². The third-order valence-corrected chi connectivity index (χ3v) is 3.19. The van der Waals surface area contributed by atoms with Crippen LogP contribution in [0.25, 0.3) is 0 Å². The first-order chi connectivity index (χ1) is 7.61. The molecule has 0 N–H and O–H groups in total. The quantitative estimate of drug-likeness (QED) is 0.697. The first kappa shape index (κ1) is 13.3. The first-order valence-electron chi connectivity index (χ1n) is 5.36. The van der Waals surface area contributed by atoms with Gasteiger partial charge in [-0.25, -0.2) is 0 Å². The van der Waals surface area contributed by atoms with Crippen molar-refractivity contribution < 1.29 is 4.79 Å². The minimum atomic E-state index is 0.109. The number of benzene rings is 1. The molecule has 0 atom stereocenters. The van der Waals surface area contributed by atoms with Gasteiger partial charge >= 0.3 is 0 Å². The molecule has 1 amide bonds. The molecule has 0 saturated carbocycles. The molecule has 88 valence electrons. The van der Waals surface area contributed by atoms with Crippen LogP contribution in [0.15, 0.2) is 12.1 Å². The Bertz CT molecular complexity index is 404. The lowest BCUT2D eigenvalue weighted by Crippen LogP contribution is -2.44. The number of carbonyl (C=O) groups is 1. The van der Waals surface area contributed by atoms with Crippen molar-refractivity contribution in [3.8, 4) is 0 Å². The zero-order chi connectivity index (χ0) is 12.3. The number of amides is 1. The van der Waals surface area contributed by atoms with Crippen LogP contribution >= 0.6 is 23.2 Å². The minimum absolute atomic E-state index is 0.109. The number of hydrogen-bond acceptors (Lipinski definition) is 1. The molecular formula is C12H15Cl2NO. The third-order valence-electron chi connectivity index (χ3n) is 2.39. The highest BCUT2D eigenvalue weighted by molar-refractivity contribution is 6.44. The van der Waals surface area contributed by atoms with E-state index >= 15 is 0 Å². The fourth-order valence-corrected chi connectivity index (χ4v) is 1.99. The maximum Gasteiger partial charge on any atom is 0.228 e. The Labute approximate surface area is 106 Å². The van der Waals surface area contributed by atoms with E-state index in [0.717, 1.165) is 17.8 Å². The number of anilines is 1. The lowest BCUT2D eigenvalue weighted by atomic mass is 10.1. The Morgan fingerprint density at radius 1 is 1.25 bits per heavy atom. The molecule has 1 aliphatic rings. The van der Waals surface area contributed by atoms with Crippen LogP contribution in [0.3, 0.4) is 0 Å². The average molecular weight is 260 g/mol. The van der Waals surface area contributed by atoms with E-state index in [-0.39, 0.29) is 5.91 Å². The van der Waals surface area contributed by atoms with Crippen molar-refractivity contribution in [2.45, 2.75) is 27.2 Å². The predicted molar refractivity (Wildman–Crippen MR) is 69.5 cm³/mol. The zero-order valence-corrected chi connectivity index (χ0v) is 11.2. The summed E-state index contributed by atoms with van der Waals surface area (Å²) < 4.78 is 0. The fraction of sp³-hybridized carbons (Fsp3) is 0.417. The summed E-state index contributed by atoms with van der Waals surface area (Å²) in [6, 6.07) is 3.61. The lowest BCUT2D eigenvalue weighted by molar-refractivity contribution is -0.122. The van der Waals surface area contributed by atoms with E-state index < -0.39 is 0 Å². The van der Waals surface area contributed by atoms with E-state index in [0.29, 0.717) is 16.5 Å². The SMILES string of the molecule is CC.Cc1ccc(Cl)c(Cl)c1N1CCC1=O. The van der Waals surface area contributed by atoms with Gasteiger partial charge < -0.3 is 4.90 Å². The summed E-state index contributed by atoms with van der Waals surface area (Å²) in [5, 5.41) is 0.965. The predicted octanol–water partition coefficient (Wildman–Crippen LogP) is 4.06. The number of halogens is 2. The van der Waals surface area contributed by atoms with Gasteiger partial charge in [0.25, 0.3) is 0 Å². The van der Waals surface area contributed by atoms with E-state index in [2.05, 4.69) is 0 Å². The maximum absolute atomic E-state index is 11.3. The molecule has 1 aromatic carbocycles. The summed E-state index contributed by atoms with van der Waals surface area (Å²) in [4.78, 5) is 12.9. The summed E-state index contributed by atoms with van der Waals surface area (Å²) >= 11 is 11.9. The third kappa shape index (κ3) is 2.33. The van der Waals surface area contributed by atoms with Crippen molar-refractivity contribution in [1.29, 1.82) is 0 Å². The van der Waals surface area contributed by atoms with Crippen molar-refractivity contribution in [2.75, 3.05) is 11.4 Å². The molecule has 1 fully saturated rings. The highest BCUT2D eigenvalue weighted by atomic mass is 35.5. The van der Waals surface area contributed by atoms with Crippen LogP contribution < -0.4 is 4.90 Å². The number of nitrogens with zero attached hydrogens (tertiary/aromatic N) is 1. The smallest absolute Gasteiger partial charge is 0.228 e. The molecule has 2 rings (SSSR count). The summed E-state index contributed by atoms with van der Waals surface area (Å²) in [5.41, 5.74) is 1.74. The van der Waals surface area contributed by atoms with Crippen LogP contribution in [0.4, 0.5) is 5.69 Å². The number of carbonyl (C=O) groups excluding carboxylic acids is 1. The monoisotopic (exact) mass is 259 g/mol. The lowest BCUT2D eigenvalue weighted by Gasteiger charge is -2.32. The zero-order valence-electron chi connectivity index (χ0n) is 9.68. The molecule has 1 aliphatic heterocycles. The Kier molecular flexibility index (Phi) is 4.63. The van der Waals surface area contributed by atoms with Crippen molar-refractivity contribution in [3.63, 3.8) is 0 Å². The molecule has 2 nitrogen and oxygen atoms in total. The van der Waals surface area contributed by atoms with E-state index in [4.69, 9.17) is 23.2 Å². The van der Waals surface area contributed by atoms with Gasteiger partial charge in [0.05, 0.1) is 15.7 Å². The van der Waals surface area contributed by atoms with Crippen LogP contribution in [-0.2, 0) is 4.79 Å². The molecule has 4 heteroatoms. The topological polar surface area (TPSA) is 20.3 Å². The Morgan fingerprint density at radius 3 is 2.31 bits per heavy atom. The second-order valence-electron chi connectivity index (χ2n) is 3.32. The molecule has 1 heterocycles. The highest BCUT2D eigenvalue weighted by Gasteiger charge is 2.28. The Morgan fingerprint density at radius 2 is 1.88 bits per heavy atom. The number of aryl methyl sites for hydroxylation is 1. The minimum Gasteiger partial charge on any atom is -0.310 e. The van der Waals surface area contributed by atoms with Crippen LogP contribution in [0, 0.1) is 6.92 Å². The molecule has 1 saturated heterocycles.